The smallest absolute Gasteiger partial charge is 0.396 e. The van der Waals surface area contributed by atoms with Crippen molar-refractivity contribution in [2.75, 3.05) is 6.61 Å². The van der Waals surface area contributed by atoms with Crippen LogP contribution in [0.1, 0.15) is 19.3 Å². The molecule has 0 spiro atoms. The van der Waals surface area contributed by atoms with Gasteiger partial charge in [0.2, 0.25) is 0 Å². The zero-order chi connectivity index (χ0) is 21.4. The molecule has 26 heavy (non-hydrogen) atoms. The number of alkyl halides is 14. The van der Waals surface area contributed by atoms with Crippen molar-refractivity contribution >= 4 is 22.6 Å². The van der Waals surface area contributed by atoms with Crippen molar-refractivity contribution in [3.05, 3.63) is 0 Å². The molecule has 0 bridgehead atoms. The Bertz CT molecular complexity index is 473. The van der Waals surface area contributed by atoms with Gasteiger partial charge in [0, 0.05) is 17.0 Å². The van der Waals surface area contributed by atoms with Crippen LogP contribution < -0.4 is 0 Å². The largest absolute Gasteiger partial charge is 0.460 e. The molecule has 1 atom stereocenters. The van der Waals surface area contributed by atoms with Gasteiger partial charge in [0.25, 0.3) is 0 Å². The van der Waals surface area contributed by atoms with Crippen LogP contribution in [0.2, 0.25) is 0 Å². The van der Waals surface area contributed by atoms with Gasteiger partial charge < -0.3 is 5.11 Å². The minimum Gasteiger partial charge on any atom is -0.396 e. The van der Waals surface area contributed by atoms with Crippen LogP contribution in [0.4, 0.5) is 57.1 Å². The molecule has 0 aliphatic heterocycles. The lowest BCUT2D eigenvalue weighted by Crippen LogP contribution is -2.70. The van der Waals surface area contributed by atoms with E-state index < -0.39 is 59.2 Å². The fourth-order valence-electron chi connectivity index (χ4n) is 1.62. The molecule has 0 aromatic carbocycles. The summed E-state index contributed by atoms with van der Waals surface area (Å²) in [5, 5.41) is 8.43. The summed E-state index contributed by atoms with van der Waals surface area (Å²) in [7, 11) is 0. The Labute approximate surface area is 151 Å². The maximum atomic E-state index is 13.4. The van der Waals surface area contributed by atoms with Gasteiger partial charge in [0.15, 0.2) is 0 Å². The maximum absolute atomic E-state index is 13.4. The number of aliphatic hydroxyl groups excluding tert-OH is 1. The number of hydrogen-bond acceptors (Lipinski definition) is 1. The van der Waals surface area contributed by atoms with Crippen LogP contribution in [0.25, 0.3) is 0 Å². The third-order valence-electron chi connectivity index (χ3n) is 3.15. The van der Waals surface area contributed by atoms with E-state index in [4.69, 9.17) is 5.11 Å². The predicted octanol–water partition coefficient (Wildman–Crippen LogP) is 5.69. The molecule has 0 aromatic heterocycles. The van der Waals surface area contributed by atoms with Gasteiger partial charge in [0.1, 0.15) is 0 Å². The average Bonchev–Trinajstić information content (AvgIpc) is 2.42. The van der Waals surface area contributed by atoms with E-state index in [0.29, 0.717) is 0 Å². The standard InChI is InChI=1S/C11H10F13IO/c12-6(13,4-5(25)2-1-3-26)7(14,15)8(16,17)9(18,19)10(20,21)11(22,23)24/h5,26H,1-4H2/t5-/m0/s1. The molecule has 1 nitrogen and oxygen atoms in total. The fourth-order valence-corrected chi connectivity index (χ4v) is 2.62. The lowest BCUT2D eigenvalue weighted by molar-refractivity contribution is -0.440. The van der Waals surface area contributed by atoms with Gasteiger partial charge in [-0.05, 0) is 12.8 Å². The zero-order valence-corrected chi connectivity index (χ0v) is 14.3. The molecule has 15 heteroatoms. The average molecular weight is 532 g/mol. The molecule has 0 fully saturated rings. The number of rotatable bonds is 9. The van der Waals surface area contributed by atoms with E-state index in [0.717, 1.165) is 22.6 Å². The molecule has 0 amide bonds. The maximum Gasteiger partial charge on any atom is 0.460 e. The van der Waals surface area contributed by atoms with E-state index in [1.165, 1.54) is 0 Å². The summed E-state index contributed by atoms with van der Waals surface area (Å²) in [5.41, 5.74) is 0. The van der Waals surface area contributed by atoms with Crippen LogP contribution in [0, 0.1) is 0 Å². The monoisotopic (exact) mass is 532 g/mol. The fraction of sp³-hybridized carbons (Fsp3) is 1.00. The molecule has 0 unspecified atom stereocenters. The Hall–Kier alpha value is -0.220. The SMILES string of the molecule is OCCC[C@H](I)CC(F)(F)C(F)(F)C(F)(F)C(F)(F)C(F)(F)C(F)(F)F. The molecule has 0 saturated carbocycles. The van der Waals surface area contributed by atoms with Crippen molar-refractivity contribution in [1.82, 2.24) is 0 Å². The van der Waals surface area contributed by atoms with Crippen LogP contribution in [-0.2, 0) is 0 Å². The second-order valence-electron chi connectivity index (χ2n) is 5.17. The van der Waals surface area contributed by atoms with Gasteiger partial charge in [-0.3, -0.25) is 0 Å². The third-order valence-corrected chi connectivity index (χ3v) is 4.21. The summed E-state index contributed by atoms with van der Waals surface area (Å²) in [6.45, 7) is -0.618. The summed E-state index contributed by atoms with van der Waals surface area (Å²) >= 11 is 1.02. The van der Waals surface area contributed by atoms with Crippen LogP contribution in [0.3, 0.4) is 0 Å². The Kier molecular flexibility index (Phi) is 7.59. The second-order valence-corrected chi connectivity index (χ2v) is 6.93. The molecule has 0 rings (SSSR count). The van der Waals surface area contributed by atoms with Gasteiger partial charge in [-0.25, -0.2) is 0 Å². The molecule has 0 saturated heterocycles. The summed E-state index contributed by atoms with van der Waals surface area (Å²) in [5.74, 6) is -36.6. The van der Waals surface area contributed by atoms with Gasteiger partial charge in [-0.2, -0.15) is 57.1 Å². The van der Waals surface area contributed by atoms with E-state index in [9.17, 15) is 57.1 Å². The zero-order valence-electron chi connectivity index (χ0n) is 12.1. The Morgan fingerprint density at radius 3 is 1.38 bits per heavy atom. The Morgan fingerprint density at radius 2 is 1.04 bits per heavy atom. The Morgan fingerprint density at radius 1 is 0.654 bits per heavy atom. The lowest BCUT2D eigenvalue weighted by atomic mass is 9.91. The van der Waals surface area contributed by atoms with Crippen molar-refractivity contribution in [2.24, 2.45) is 0 Å². The van der Waals surface area contributed by atoms with E-state index in [1.807, 2.05) is 0 Å². The second kappa shape index (κ2) is 7.66. The van der Waals surface area contributed by atoms with Gasteiger partial charge in [-0.1, -0.05) is 22.6 Å². The molecule has 0 heterocycles. The predicted molar refractivity (Wildman–Crippen MR) is 69.5 cm³/mol. The highest BCUT2D eigenvalue weighted by atomic mass is 127. The first-order chi connectivity index (χ1) is 11.2. The molecular formula is C11H10F13IO. The topological polar surface area (TPSA) is 20.2 Å². The van der Waals surface area contributed by atoms with Gasteiger partial charge >= 0.3 is 35.8 Å². The van der Waals surface area contributed by atoms with Crippen molar-refractivity contribution < 1.29 is 62.2 Å². The molecular weight excluding hydrogens is 522 g/mol. The molecule has 0 aliphatic carbocycles. The van der Waals surface area contributed by atoms with Crippen molar-refractivity contribution in [2.45, 2.75) is 59.0 Å². The highest BCUT2D eigenvalue weighted by molar-refractivity contribution is 14.1. The molecule has 0 aliphatic rings. The molecule has 0 radical (unpaired) electrons. The summed E-state index contributed by atoms with van der Waals surface area (Å²) < 4.78 is 165. The lowest BCUT2D eigenvalue weighted by Gasteiger charge is -2.40. The van der Waals surface area contributed by atoms with E-state index in [2.05, 4.69) is 0 Å². The first-order valence-corrected chi connectivity index (χ1v) is 7.66. The summed E-state index contributed by atoms with van der Waals surface area (Å²) in [4.78, 5) is 0. The number of aliphatic hydroxyl groups is 1. The van der Waals surface area contributed by atoms with E-state index in [-0.39, 0.29) is 6.42 Å². The van der Waals surface area contributed by atoms with E-state index in [1.54, 1.807) is 0 Å². The third kappa shape index (κ3) is 4.27. The summed E-state index contributed by atoms with van der Waals surface area (Å²) in [6.07, 6.45) is -10.4. The van der Waals surface area contributed by atoms with Crippen LogP contribution in [-0.4, -0.2) is 51.4 Å². The first-order valence-electron chi connectivity index (χ1n) is 6.41. The van der Waals surface area contributed by atoms with E-state index >= 15 is 0 Å². The van der Waals surface area contributed by atoms with Gasteiger partial charge in [-0.15, -0.1) is 0 Å². The van der Waals surface area contributed by atoms with Crippen LogP contribution >= 0.6 is 22.6 Å². The highest BCUT2D eigenvalue weighted by Gasteiger charge is 2.90. The quantitative estimate of drug-likeness (QED) is 0.230. The number of hydrogen-bond donors (Lipinski definition) is 1. The number of halogens is 14. The normalized spacial score (nSPS) is 16.7. The van der Waals surface area contributed by atoms with Crippen molar-refractivity contribution in [1.29, 1.82) is 0 Å². The Balaban J connectivity index is 5.92. The van der Waals surface area contributed by atoms with Crippen molar-refractivity contribution in [3.8, 4) is 0 Å². The van der Waals surface area contributed by atoms with Crippen molar-refractivity contribution in [3.63, 3.8) is 0 Å². The minimum atomic E-state index is -7.86. The van der Waals surface area contributed by atoms with Gasteiger partial charge in [0.05, 0.1) is 0 Å². The molecule has 158 valence electrons. The van der Waals surface area contributed by atoms with Crippen LogP contribution in [0.15, 0.2) is 0 Å². The highest BCUT2D eigenvalue weighted by Crippen LogP contribution is 2.60. The van der Waals surface area contributed by atoms with Crippen LogP contribution in [0.5, 0.6) is 0 Å². The molecule has 0 aromatic rings. The summed E-state index contributed by atoms with van der Waals surface area (Å²) in [6, 6.07) is 0. The first kappa shape index (κ1) is 25.8. The minimum absolute atomic E-state index is 0.270. The molecule has 1 N–H and O–H groups in total.